The monoisotopic (exact) mass is 518 g/mol. The van der Waals surface area contributed by atoms with Gasteiger partial charge in [-0.15, -0.1) is 0 Å². The van der Waals surface area contributed by atoms with E-state index in [1.807, 2.05) is 0 Å². The SMILES string of the molecule is CCCCCCC(C)CCC(CCCCC(C)CCCCCCCC(C)c1ccccc1)c1ccccc1. The fourth-order valence-corrected chi connectivity index (χ4v) is 6.20. The second kappa shape index (κ2) is 21.3. The van der Waals surface area contributed by atoms with Crippen LogP contribution in [0, 0.1) is 11.8 Å². The first-order chi connectivity index (χ1) is 18.6. The lowest BCUT2D eigenvalue weighted by Crippen LogP contribution is -2.04. The van der Waals surface area contributed by atoms with Gasteiger partial charge in [0.2, 0.25) is 0 Å². The highest BCUT2D eigenvalue weighted by molar-refractivity contribution is 5.19. The normalized spacial score (nSPS) is 14.7. The molecule has 0 aliphatic rings. The molecule has 0 saturated carbocycles. The van der Waals surface area contributed by atoms with Crippen LogP contribution in [0.25, 0.3) is 0 Å². The van der Waals surface area contributed by atoms with Crippen molar-refractivity contribution in [1.29, 1.82) is 0 Å². The summed E-state index contributed by atoms with van der Waals surface area (Å²) >= 11 is 0. The molecule has 2 aromatic rings. The topological polar surface area (TPSA) is 0 Å². The van der Waals surface area contributed by atoms with Gasteiger partial charge in [-0.3, -0.25) is 0 Å². The van der Waals surface area contributed by atoms with Crippen molar-refractivity contribution in [3.05, 3.63) is 71.8 Å². The molecule has 0 fully saturated rings. The van der Waals surface area contributed by atoms with Gasteiger partial charge in [-0.05, 0) is 54.1 Å². The molecule has 0 aromatic heterocycles. The molecule has 0 bridgehead atoms. The number of benzene rings is 2. The lowest BCUT2D eigenvalue weighted by Gasteiger charge is -2.20. The maximum Gasteiger partial charge on any atom is -0.0162 e. The Hall–Kier alpha value is -1.56. The van der Waals surface area contributed by atoms with Crippen LogP contribution in [0.3, 0.4) is 0 Å². The zero-order valence-corrected chi connectivity index (χ0v) is 25.8. The molecular weight excluding hydrogens is 456 g/mol. The molecule has 4 atom stereocenters. The lowest BCUT2D eigenvalue weighted by atomic mass is 9.85. The van der Waals surface area contributed by atoms with Gasteiger partial charge in [-0.2, -0.15) is 0 Å². The van der Waals surface area contributed by atoms with E-state index in [0.717, 1.165) is 17.8 Å². The summed E-state index contributed by atoms with van der Waals surface area (Å²) in [6.45, 7) is 9.68. The van der Waals surface area contributed by atoms with E-state index in [4.69, 9.17) is 0 Å². The van der Waals surface area contributed by atoms with Crippen LogP contribution in [0.15, 0.2) is 60.7 Å². The lowest BCUT2D eigenvalue weighted by molar-refractivity contribution is 0.398. The van der Waals surface area contributed by atoms with Crippen molar-refractivity contribution in [3.8, 4) is 0 Å². The molecule has 0 aliphatic heterocycles. The molecule has 2 aromatic carbocycles. The Labute approximate surface area is 238 Å². The van der Waals surface area contributed by atoms with Crippen molar-refractivity contribution in [2.45, 2.75) is 155 Å². The minimum Gasteiger partial charge on any atom is -0.0654 e. The first-order valence-corrected chi connectivity index (χ1v) is 16.7. The predicted octanol–water partition coefficient (Wildman–Crippen LogP) is 12.9. The van der Waals surface area contributed by atoms with E-state index in [9.17, 15) is 0 Å². The Bertz CT molecular complexity index is 763. The van der Waals surface area contributed by atoms with E-state index in [0.29, 0.717) is 5.92 Å². The quantitative estimate of drug-likeness (QED) is 0.128. The zero-order chi connectivity index (χ0) is 27.3. The number of rotatable bonds is 23. The summed E-state index contributed by atoms with van der Waals surface area (Å²) in [5.74, 6) is 3.24. The van der Waals surface area contributed by atoms with Crippen LogP contribution in [0.4, 0.5) is 0 Å². The van der Waals surface area contributed by atoms with Crippen LogP contribution in [0.5, 0.6) is 0 Å². The summed E-state index contributed by atoms with van der Waals surface area (Å²) in [6, 6.07) is 22.4. The number of unbranched alkanes of at least 4 members (excludes halogenated alkanes) is 8. The van der Waals surface area contributed by atoms with Crippen molar-refractivity contribution in [2.24, 2.45) is 11.8 Å². The van der Waals surface area contributed by atoms with Crippen molar-refractivity contribution in [3.63, 3.8) is 0 Å². The van der Waals surface area contributed by atoms with E-state index < -0.39 is 0 Å². The van der Waals surface area contributed by atoms with Crippen LogP contribution in [-0.4, -0.2) is 0 Å². The van der Waals surface area contributed by atoms with Gasteiger partial charge in [0.05, 0.1) is 0 Å². The van der Waals surface area contributed by atoms with E-state index in [1.54, 1.807) is 5.56 Å². The summed E-state index contributed by atoms with van der Waals surface area (Å²) < 4.78 is 0. The van der Waals surface area contributed by atoms with Gasteiger partial charge in [-0.1, -0.05) is 185 Å². The van der Waals surface area contributed by atoms with Crippen molar-refractivity contribution in [1.82, 2.24) is 0 Å². The predicted molar refractivity (Wildman–Crippen MR) is 171 cm³/mol. The van der Waals surface area contributed by atoms with Crippen molar-refractivity contribution in [2.75, 3.05) is 0 Å². The molecule has 0 amide bonds. The second-order valence-electron chi connectivity index (χ2n) is 12.7. The number of hydrogen-bond acceptors (Lipinski definition) is 0. The summed E-state index contributed by atoms with van der Waals surface area (Å²) in [6.07, 6.45) is 25.2. The molecule has 4 unspecified atom stereocenters. The molecule has 0 heterocycles. The van der Waals surface area contributed by atoms with Crippen LogP contribution in [0.2, 0.25) is 0 Å². The van der Waals surface area contributed by atoms with E-state index in [-0.39, 0.29) is 0 Å². The zero-order valence-electron chi connectivity index (χ0n) is 25.8. The molecule has 0 N–H and O–H groups in total. The molecule has 0 heteroatoms. The first kappa shape index (κ1) is 32.7. The van der Waals surface area contributed by atoms with E-state index in [1.165, 1.54) is 121 Å². The molecule has 0 aliphatic carbocycles. The van der Waals surface area contributed by atoms with E-state index >= 15 is 0 Å². The molecule has 0 nitrogen and oxygen atoms in total. The van der Waals surface area contributed by atoms with Crippen molar-refractivity contribution < 1.29 is 0 Å². The highest BCUT2D eigenvalue weighted by Gasteiger charge is 2.14. The van der Waals surface area contributed by atoms with Crippen LogP contribution < -0.4 is 0 Å². The Morgan fingerprint density at radius 2 is 0.868 bits per heavy atom. The Morgan fingerprint density at radius 3 is 1.47 bits per heavy atom. The highest BCUT2D eigenvalue weighted by atomic mass is 14.2. The summed E-state index contributed by atoms with van der Waals surface area (Å²) in [7, 11) is 0. The van der Waals surface area contributed by atoms with Gasteiger partial charge in [0.15, 0.2) is 0 Å². The fourth-order valence-electron chi connectivity index (χ4n) is 6.20. The minimum absolute atomic E-state index is 0.705. The average Bonchev–Trinajstić information content (AvgIpc) is 2.95. The van der Waals surface area contributed by atoms with Gasteiger partial charge < -0.3 is 0 Å². The molecule has 0 spiro atoms. The fraction of sp³-hybridized carbons (Fsp3) is 0.684. The molecule has 214 valence electrons. The van der Waals surface area contributed by atoms with Gasteiger partial charge in [0.25, 0.3) is 0 Å². The molecule has 38 heavy (non-hydrogen) atoms. The van der Waals surface area contributed by atoms with Crippen LogP contribution in [0.1, 0.15) is 166 Å². The summed E-state index contributed by atoms with van der Waals surface area (Å²) in [5, 5.41) is 0. The molecule has 0 saturated heterocycles. The van der Waals surface area contributed by atoms with Crippen LogP contribution in [-0.2, 0) is 0 Å². The third kappa shape index (κ3) is 15.1. The molecule has 2 rings (SSSR count). The van der Waals surface area contributed by atoms with E-state index in [2.05, 4.69) is 88.4 Å². The molecular formula is C38H62. The van der Waals surface area contributed by atoms with Crippen molar-refractivity contribution >= 4 is 0 Å². The molecule has 0 radical (unpaired) electrons. The largest absolute Gasteiger partial charge is 0.0654 e. The first-order valence-electron chi connectivity index (χ1n) is 16.7. The maximum atomic E-state index is 2.50. The van der Waals surface area contributed by atoms with Crippen LogP contribution >= 0.6 is 0 Å². The Kier molecular flexibility index (Phi) is 18.3. The maximum absolute atomic E-state index is 2.50. The smallest absolute Gasteiger partial charge is 0.0162 e. The average molecular weight is 519 g/mol. The Balaban J connectivity index is 1.54. The second-order valence-corrected chi connectivity index (χ2v) is 12.7. The van der Waals surface area contributed by atoms with Gasteiger partial charge in [0.1, 0.15) is 0 Å². The summed E-state index contributed by atoms with van der Waals surface area (Å²) in [5.41, 5.74) is 3.08. The number of hydrogen-bond donors (Lipinski definition) is 0. The highest BCUT2D eigenvalue weighted by Crippen LogP contribution is 2.31. The Morgan fingerprint density at radius 1 is 0.421 bits per heavy atom. The third-order valence-corrected chi connectivity index (χ3v) is 9.03. The minimum atomic E-state index is 0.705. The van der Waals surface area contributed by atoms with Gasteiger partial charge in [-0.25, -0.2) is 0 Å². The summed E-state index contributed by atoms with van der Waals surface area (Å²) in [4.78, 5) is 0. The standard InChI is InChI=1S/C38H62/c1-5-6-7-13-23-34(3)31-32-38(37-28-18-12-19-29-37)30-21-20-24-33(2)22-14-9-8-10-15-25-35(4)36-26-16-11-17-27-36/h11-12,16-19,26-29,33-35,38H,5-10,13-15,20-25,30-32H2,1-4H3. The van der Waals surface area contributed by atoms with Gasteiger partial charge in [0, 0.05) is 0 Å². The van der Waals surface area contributed by atoms with Gasteiger partial charge >= 0.3 is 0 Å². The third-order valence-electron chi connectivity index (χ3n) is 9.03.